The minimum Gasteiger partial charge on any atom is -0.326 e. The van der Waals surface area contributed by atoms with Gasteiger partial charge in [-0.1, -0.05) is 56.6 Å². The second-order valence-corrected chi connectivity index (χ2v) is 12.0. The minimum absolute atomic E-state index is 0.0349. The van der Waals surface area contributed by atoms with Crippen molar-refractivity contribution in [1.82, 2.24) is 0 Å². The molecule has 188 valence electrons. The molecule has 0 bridgehead atoms. The molecule has 2 atom stereocenters. The van der Waals surface area contributed by atoms with E-state index in [0.29, 0.717) is 10.7 Å². The first kappa shape index (κ1) is 25.9. The number of halogens is 1. The lowest BCUT2D eigenvalue weighted by molar-refractivity contribution is -0.132. The molecule has 0 aliphatic carbocycles. The summed E-state index contributed by atoms with van der Waals surface area (Å²) in [7, 11) is -3.27. The fourth-order valence-electron chi connectivity index (χ4n) is 4.54. The number of amides is 2. The van der Waals surface area contributed by atoms with Crippen LogP contribution in [0.25, 0.3) is 0 Å². The van der Waals surface area contributed by atoms with Gasteiger partial charge in [-0.25, -0.2) is 8.42 Å². The third-order valence-electron chi connectivity index (χ3n) is 6.53. The van der Waals surface area contributed by atoms with Gasteiger partial charge in [0.15, 0.2) is 9.84 Å². The van der Waals surface area contributed by atoms with E-state index in [1.54, 1.807) is 36.1 Å². The molecule has 8 heteroatoms. The van der Waals surface area contributed by atoms with Gasteiger partial charge in [0.25, 0.3) is 0 Å². The minimum atomic E-state index is -3.27. The molecule has 1 heterocycles. The molecule has 1 fully saturated rings. The number of rotatable bonds is 8. The van der Waals surface area contributed by atoms with Gasteiger partial charge >= 0.3 is 0 Å². The van der Waals surface area contributed by atoms with Crippen LogP contribution in [-0.4, -0.2) is 26.0 Å². The van der Waals surface area contributed by atoms with Crippen molar-refractivity contribution in [3.63, 3.8) is 0 Å². The zero-order valence-electron chi connectivity index (χ0n) is 20.4. The summed E-state index contributed by atoms with van der Waals surface area (Å²) in [4.78, 5) is 27.6. The van der Waals surface area contributed by atoms with E-state index in [4.69, 9.17) is 11.6 Å². The van der Waals surface area contributed by atoms with Crippen molar-refractivity contribution in [1.29, 1.82) is 0 Å². The summed E-state index contributed by atoms with van der Waals surface area (Å²) in [5.74, 6) is -0.0135. The van der Waals surface area contributed by atoms with Crippen LogP contribution in [0.1, 0.15) is 37.9 Å². The molecule has 36 heavy (non-hydrogen) atoms. The standard InChI is InChI=1S/C28H29ClN2O4S/c1-4-36(34,35)24-15-5-19(6-16-24)17-25(32)30-22-11-7-20(8-12-22)27-26(18(2)3)28(33)31(27)23-13-9-21(29)10-14-23/h5-16,18,26-27H,4,17H2,1-3H3,(H,30,32). The summed E-state index contributed by atoms with van der Waals surface area (Å²) in [5.41, 5.74) is 3.18. The van der Waals surface area contributed by atoms with E-state index < -0.39 is 9.84 Å². The highest BCUT2D eigenvalue weighted by atomic mass is 35.5. The van der Waals surface area contributed by atoms with Gasteiger partial charge in [0.05, 0.1) is 29.0 Å². The Morgan fingerprint density at radius 1 is 0.972 bits per heavy atom. The predicted octanol–water partition coefficient (Wildman–Crippen LogP) is 5.67. The third kappa shape index (κ3) is 5.32. The molecule has 1 aliphatic rings. The van der Waals surface area contributed by atoms with Crippen LogP contribution in [0.3, 0.4) is 0 Å². The summed E-state index contributed by atoms with van der Waals surface area (Å²) in [6, 6.07) is 21.1. The lowest BCUT2D eigenvalue weighted by Crippen LogP contribution is -2.57. The highest BCUT2D eigenvalue weighted by Gasteiger charge is 2.50. The van der Waals surface area contributed by atoms with E-state index in [2.05, 4.69) is 5.32 Å². The number of carbonyl (C=O) groups is 2. The number of anilines is 2. The van der Waals surface area contributed by atoms with Crippen LogP contribution < -0.4 is 10.2 Å². The topological polar surface area (TPSA) is 83.5 Å². The molecule has 1 aliphatic heterocycles. The van der Waals surface area contributed by atoms with E-state index in [1.807, 2.05) is 50.2 Å². The maximum Gasteiger partial charge on any atom is 0.233 e. The lowest BCUT2D eigenvalue weighted by Gasteiger charge is -2.49. The molecule has 0 spiro atoms. The van der Waals surface area contributed by atoms with Crippen LogP contribution in [0.2, 0.25) is 5.02 Å². The van der Waals surface area contributed by atoms with E-state index >= 15 is 0 Å². The number of hydrogen-bond acceptors (Lipinski definition) is 4. The summed E-state index contributed by atoms with van der Waals surface area (Å²) >= 11 is 6.03. The van der Waals surface area contributed by atoms with Crippen molar-refractivity contribution < 1.29 is 18.0 Å². The summed E-state index contributed by atoms with van der Waals surface area (Å²) in [6.45, 7) is 5.70. The van der Waals surface area contributed by atoms with Gasteiger partial charge in [-0.2, -0.15) is 0 Å². The fraction of sp³-hybridized carbons (Fsp3) is 0.286. The molecule has 0 saturated carbocycles. The predicted molar refractivity (Wildman–Crippen MR) is 143 cm³/mol. The zero-order chi connectivity index (χ0) is 26.0. The highest BCUT2D eigenvalue weighted by Crippen LogP contribution is 2.47. The second kappa shape index (κ2) is 10.4. The maximum absolute atomic E-state index is 13.0. The Kier molecular flexibility index (Phi) is 7.52. The Bertz CT molecular complexity index is 1350. The first-order valence-electron chi connectivity index (χ1n) is 11.9. The summed E-state index contributed by atoms with van der Waals surface area (Å²) < 4.78 is 23.9. The zero-order valence-corrected chi connectivity index (χ0v) is 22.0. The number of nitrogens with zero attached hydrogens (tertiary/aromatic N) is 1. The number of nitrogens with one attached hydrogen (secondary N) is 1. The second-order valence-electron chi connectivity index (χ2n) is 9.29. The van der Waals surface area contributed by atoms with Gasteiger partial charge in [0.1, 0.15) is 0 Å². The Labute approximate surface area is 217 Å². The maximum atomic E-state index is 13.0. The normalized spacial score (nSPS) is 17.7. The Morgan fingerprint density at radius 3 is 2.14 bits per heavy atom. The number of sulfone groups is 1. The van der Waals surface area contributed by atoms with E-state index in [1.165, 1.54) is 12.1 Å². The molecule has 4 rings (SSSR count). The monoisotopic (exact) mass is 524 g/mol. The number of benzene rings is 3. The van der Waals surface area contributed by atoms with Crippen molar-refractivity contribution >= 4 is 44.6 Å². The molecule has 3 aromatic rings. The van der Waals surface area contributed by atoms with Crippen LogP contribution >= 0.6 is 11.6 Å². The summed E-state index contributed by atoms with van der Waals surface area (Å²) in [5, 5.41) is 3.50. The SMILES string of the molecule is CCS(=O)(=O)c1ccc(CC(=O)Nc2ccc(C3C(C(C)C)C(=O)N3c3ccc(Cl)cc3)cc2)cc1. The number of hydrogen-bond donors (Lipinski definition) is 1. The van der Waals surface area contributed by atoms with Gasteiger partial charge in [-0.15, -0.1) is 0 Å². The van der Waals surface area contributed by atoms with Crippen LogP contribution in [0.5, 0.6) is 0 Å². The van der Waals surface area contributed by atoms with Gasteiger partial charge in [-0.05, 0) is 65.6 Å². The smallest absolute Gasteiger partial charge is 0.233 e. The van der Waals surface area contributed by atoms with Gasteiger partial charge in [0, 0.05) is 16.4 Å². The lowest BCUT2D eigenvalue weighted by atomic mass is 9.75. The summed E-state index contributed by atoms with van der Waals surface area (Å²) in [6.07, 6.45) is 0.130. The van der Waals surface area contributed by atoms with Crippen molar-refractivity contribution in [2.45, 2.75) is 38.1 Å². The first-order chi connectivity index (χ1) is 17.1. The van der Waals surface area contributed by atoms with Gasteiger partial charge < -0.3 is 10.2 Å². The van der Waals surface area contributed by atoms with Gasteiger partial charge in [0.2, 0.25) is 11.8 Å². The van der Waals surface area contributed by atoms with Crippen molar-refractivity contribution in [2.24, 2.45) is 11.8 Å². The van der Waals surface area contributed by atoms with Crippen LogP contribution in [0.4, 0.5) is 11.4 Å². The molecule has 0 aromatic heterocycles. The molecule has 1 saturated heterocycles. The molecule has 0 radical (unpaired) electrons. The van der Waals surface area contributed by atoms with Crippen molar-refractivity contribution in [3.05, 3.63) is 88.9 Å². The number of β-lactam (4-membered cyclic amide) rings is 1. The van der Waals surface area contributed by atoms with E-state index in [-0.39, 0.29) is 46.8 Å². The molecule has 1 N–H and O–H groups in total. The first-order valence-corrected chi connectivity index (χ1v) is 13.9. The van der Waals surface area contributed by atoms with Crippen LogP contribution in [0, 0.1) is 11.8 Å². The molecule has 6 nitrogen and oxygen atoms in total. The molecular weight excluding hydrogens is 496 g/mol. The van der Waals surface area contributed by atoms with Gasteiger partial charge in [-0.3, -0.25) is 9.59 Å². The van der Waals surface area contributed by atoms with Crippen LogP contribution in [-0.2, 0) is 25.8 Å². The van der Waals surface area contributed by atoms with Crippen molar-refractivity contribution in [2.75, 3.05) is 16.0 Å². The molecule has 2 unspecified atom stereocenters. The molecule has 2 amide bonds. The number of carbonyl (C=O) groups excluding carboxylic acids is 2. The average molecular weight is 525 g/mol. The quantitative estimate of drug-likeness (QED) is 0.384. The third-order valence-corrected chi connectivity index (χ3v) is 8.53. The Hall–Kier alpha value is -3.16. The highest BCUT2D eigenvalue weighted by molar-refractivity contribution is 7.91. The largest absolute Gasteiger partial charge is 0.326 e. The molecular formula is C28H29ClN2O4S. The van der Waals surface area contributed by atoms with E-state index in [9.17, 15) is 18.0 Å². The fourth-order valence-corrected chi connectivity index (χ4v) is 5.55. The van der Waals surface area contributed by atoms with E-state index in [0.717, 1.165) is 16.8 Å². The van der Waals surface area contributed by atoms with Crippen molar-refractivity contribution in [3.8, 4) is 0 Å². The van der Waals surface area contributed by atoms with Crippen LogP contribution in [0.15, 0.2) is 77.7 Å². The Balaban J connectivity index is 1.45. The average Bonchev–Trinajstić information content (AvgIpc) is 2.84. The Morgan fingerprint density at radius 2 is 1.58 bits per heavy atom. The molecule has 3 aromatic carbocycles.